The first-order valence-corrected chi connectivity index (χ1v) is 6.16. The standard InChI is InChI=1S/C12H22N2O4/c1-12(2,3)18-11(16)14-6-7-17-9(8-14)4-5-10(13)15/h9H,4-8H2,1-3H3,(H2,13,15). The lowest BCUT2D eigenvalue weighted by Gasteiger charge is -2.34. The molecule has 18 heavy (non-hydrogen) atoms. The topological polar surface area (TPSA) is 81.9 Å². The average molecular weight is 258 g/mol. The fraction of sp³-hybridized carbons (Fsp3) is 0.833. The third-order valence-corrected chi connectivity index (χ3v) is 2.50. The summed E-state index contributed by atoms with van der Waals surface area (Å²) in [5, 5.41) is 0. The molecular weight excluding hydrogens is 236 g/mol. The molecule has 2 amide bonds. The fourth-order valence-corrected chi connectivity index (χ4v) is 1.69. The van der Waals surface area contributed by atoms with Crippen LogP contribution in [0.5, 0.6) is 0 Å². The van der Waals surface area contributed by atoms with E-state index in [0.717, 1.165) is 0 Å². The number of nitrogens with two attached hydrogens (primary N) is 1. The molecule has 104 valence electrons. The zero-order valence-electron chi connectivity index (χ0n) is 11.3. The van der Waals surface area contributed by atoms with Crippen molar-refractivity contribution in [3.05, 3.63) is 0 Å². The van der Waals surface area contributed by atoms with E-state index in [2.05, 4.69) is 0 Å². The van der Waals surface area contributed by atoms with Crippen molar-refractivity contribution >= 4 is 12.0 Å². The summed E-state index contributed by atoms with van der Waals surface area (Å²) < 4.78 is 10.8. The van der Waals surface area contributed by atoms with Crippen LogP contribution in [-0.2, 0) is 14.3 Å². The zero-order chi connectivity index (χ0) is 13.8. The Kier molecular flexibility index (Phi) is 4.95. The normalized spacial score (nSPS) is 20.6. The molecule has 1 rings (SSSR count). The number of morpholine rings is 1. The highest BCUT2D eigenvalue weighted by Gasteiger charge is 2.28. The van der Waals surface area contributed by atoms with Crippen molar-refractivity contribution in [3.63, 3.8) is 0 Å². The molecule has 0 saturated carbocycles. The van der Waals surface area contributed by atoms with E-state index in [1.807, 2.05) is 20.8 Å². The molecule has 1 aliphatic rings. The SMILES string of the molecule is CC(C)(C)OC(=O)N1CCOC(CCC(N)=O)C1. The second-order valence-corrected chi connectivity index (χ2v) is 5.42. The smallest absolute Gasteiger partial charge is 0.410 e. The summed E-state index contributed by atoms with van der Waals surface area (Å²) in [7, 11) is 0. The molecule has 1 saturated heterocycles. The largest absolute Gasteiger partial charge is 0.444 e. The van der Waals surface area contributed by atoms with Crippen molar-refractivity contribution in [3.8, 4) is 0 Å². The van der Waals surface area contributed by atoms with Gasteiger partial charge < -0.3 is 20.1 Å². The lowest BCUT2D eigenvalue weighted by molar-refractivity contribution is -0.119. The van der Waals surface area contributed by atoms with E-state index in [9.17, 15) is 9.59 Å². The lowest BCUT2D eigenvalue weighted by Crippen LogP contribution is -2.47. The molecule has 2 N–H and O–H groups in total. The molecule has 1 atom stereocenters. The zero-order valence-corrected chi connectivity index (χ0v) is 11.3. The molecular formula is C12H22N2O4. The van der Waals surface area contributed by atoms with Crippen molar-refractivity contribution in [2.24, 2.45) is 5.73 Å². The third-order valence-electron chi connectivity index (χ3n) is 2.50. The molecule has 1 aliphatic heterocycles. The van der Waals surface area contributed by atoms with Crippen LogP contribution >= 0.6 is 0 Å². The predicted molar refractivity (Wildman–Crippen MR) is 66.0 cm³/mol. The minimum absolute atomic E-state index is 0.140. The van der Waals surface area contributed by atoms with Crippen molar-refractivity contribution in [1.82, 2.24) is 4.90 Å². The molecule has 0 bridgehead atoms. The van der Waals surface area contributed by atoms with Gasteiger partial charge in [0.25, 0.3) is 0 Å². The van der Waals surface area contributed by atoms with Gasteiger partial charge in [0.1, 0.15) is 5.60 Å². The van der Waals surface area contributed by atoms with Gasteiger partial charge in [0.2, 0.25) is 5.91 Å². The second-order valence-electron chi connectivity index (χ2n) is 5.42. The molecule has 0 radical (unpaired) electrons. The van der Waals surface area contributed by atoms with Gasteiger partial charge in [-0.05, 0) is 27.2 Å². The first-order valence-electron chi connectivity index (χ1n) is 6.16. The molecule has 6 heteroatoms. The molecule has 0 aromatic heterocycles. The van der Waals surface area contributed by atoms with Crippen LogP contribution in [-0.4, -0.2) is 48.3 Å². The molecule has 0 spiro atoms. The quantitative estimate of drug-likeness (QED) is 0.815. The second kappa shape index (κ2) is 6.04. The molecule has 1 unspecified atom stereocenters. The predicted octanol–water partition coefficient (Wildman–Crippen LogP) is 0.888. The first kappa shape index (κ1) is 14.8. The van der Waals surface area contributed by atoms with Crippen LogP contribution in [0.3, 0.4) is 0 Å². The van der Waals surface area contributed by atoms with E-state index in [0.29, 0.717) is 26.1 Å². The van der Waals surface area contributed by atoms with Crippen LogP contribution < -0.4 is 5.73 Å². The summed E-state index contributed by atoms with van der Waals surface area (Å²) >= 11 is 0. The summed E-state index contributed by atoms with van der Waals surface area (Å²) in [6.07, 6.45) is 0.329. The summed E-state index contributed by atoms with van der Waals surface area (Å²) in [5.41, 5.74) is 4.59. The van der Waals surface area contributed by atoms with Gasteiger partial charge in [0.15, 0.2) is 0 Å². The molecule has 6 nitrogen and oxygen atoms in total. The maximum atomic E-state index is 11.9. The Labute approximate surface area is 107 Å². The van der Waals surface area contributed by atoms with E-state index in [1.54, 1.807) is 4.90 Å². The number of carbonyl (C=O) groups excluding carboxylic acids is 2. The van der Waals surface area contributed by atoms with Crippen LogP contribution in [0.2, 0.25) is 0 Å². The van der Waals surface area contributed by atoms with Crippen molar-refractivity contribution in [1.29, 1.82) is 0 Å². The van der Waals surface area contributed by atoms with E-state index in [4.69, 9.17) is 15.2 Å². The Morgan fingerprint density at radius 3 is 2.67 bits per heavy atom. The number of hydrogen-bond acceptors (Lipinski definition) is 4. The fourth-order valence-electron chi connectivity index (χ4n) is 1.69. The van der Waals surface area contributed by atoms with E-state index in [-0.39, 0.29) is 24.5 Å². The molecule has 1 heterocycles. The summed E-state index contributed by atoms with van der Waals surface area (Å²) in [4.78, 5) is 24.2. The highest BCUT2D eigenvalue weighted by atomic mass is 16.6. The van der Waals surface area contributed by atoms with Gasteiger partial charge in [-0.3, -0.25) is 4.79 Å². The van der Waals surface area contributed by atoms with Crippen LogP contribution in [0, 0.1) is 0 Å². The monoisotopic (exact) mass is 258 g/mol. The number of carbonyl (C=O) groups is 2. The number of ether oxygens (including phenoxy) is 2. The molecule has 1 fully saturated rings. The highest BCUT2D eigenvalue weighted by molar-refractivity contribution is 5.73. The van der Waals surface area contributed by atoms with Gasteiger partial charge in [-0.15, -0.1) is 0 Å². The van der Waals surface area contributed by atoms with Crippen LogP contribution in [0.25, 0.3) is 0 Å². The number of rotatable bonds is 3. The van der Waals surface area contributed by atoms with Gasteiger partial charge in [0.05, 0.1) is 19.3 Å². The van der Waals surface area contributed by atoms with Crippen LogP contribution in [0.1, 0.15) is 33.6 Å². The van der Waals surface area contributed by atoms with Crippen molar-refractivity contribution in [2.45, 2.75) is 45.3 Å². The Bertz CT molecular complexity index is 312. The minimum Gasteiger partial charge on any atom is -0.444 e. The minimum atomic E-state index is -0.502. The molecule has 0 aromatic rings. The van der Waals surface area contributed by atoms with E-state index in [1.165, 1.54) is 0 Å². The number of amides is 2. The van der Waals surface area contributed by atoms with Gasteiger partial charge in [0, 0.05) is 13.0 Å². The van der Waals surface area contributed by atoms with E-state index >= 15 is 0 Å². The maximum absolute atomic E-state index is 11.9. The van der Waals surface area contributed by atoms with Crippen LogP contribution in [0.4, 0.5) is 4.79 Å². The van der Waals surface area contributed by atoms with Crippen molar-refractivity contribution in [2.75, 3.05) is 19.7 Å². The third kappa shape index (κ3) is 5.35. The Hall–Kier alpha value is -1.30. The van der Waals surface area contributed by atoms with Gasteiger partial charge >= 0.3 is 6.09 Å². The molecule has 0 aromatic carbocycles. The van der Waals surface area contributed by atoms with Crippen LogP contribution in [0.15, 0.2) is 0 Å². The lowest BCUT2D eigenvalue weighted by atomic mass is 10.1. The Balaban J connectivity index is 2.43. The van der Waals surface area contributed by atoms with Crippen molar-refractivity contribution < 1.29 is 19.1 Å². The Morgan fingerprint density at radius 2 is 2.11 bits per heavy atom. The van der Waals surface area contributed by atoms with Gasteiger partial charge in [-0.25, -0.2) is 4.79 Å². The first-order chi connectivity index (χ1) is 8.28. The number of nitrogens with zero attached hydrogens (tertiary/aromatic N) is 1. The maximum Gasteiger partial charge on any atom is 0.410 e. The summed E-state index contributed by atoms with van der Waals surface area (Å²) in [6.45, 7) is 6.91. The van der Waals surface area contributed by atoms with E-state index < -0.39 is 5.60 Å². The van der Waals surface area contributed by atoms with Gasteiger partial charge in [-0.1, -0.05) is 0 Å². The van der Waals surface area contributed by atoms with Gasteiger partial charge in [-0.2, -0.15) is 0 Å². The Morgan fingerprint density at radius 1 is 1.44 bits per heavy atom. The summed E-state index contributed by atoms with van der Waals surface area (Å²) in [6, 6.07) is 0. The number of primary amides is 1. The average Bonchev–Trinajstić information content (AvgIpc) is 2.24. The highest BCUT2D eigenvalue weighted by Crippen LogP contribution is 2.15. The number of hydrogen-bond donors (Lipinski definition) is 1. The molecule has 0 aliphatic carbocycles. The summed E-state index contributed by atoms with van der Waals surface area (Å²) in [5.74, 6) is -0.354.